The molecule has 0 spiro atoms. The summed E-state index contributed by atoms with van der Waals surface area (Å²) in [5.41, 5.74) is 0.463. The molecule has 0 radical (unpaired) electrons. The SMILES string of the molecule is CCOC(=O)C[C@H](c1ccccc1)C(F)F. The highest BCUT2D eigenvalue weighted by Gasteiger charge is 2.25. The number of alkyl halides is 2. The van der Waals surface area contributed by atoms with Crippen molar-refractivity contribution >= 4 is 5.97 Å². The number of hydrogen-bond acceptors (Lipinski definition) is 2. The van der Waals surface area contributed by atoms with Gasteiger partial charge in [-0.25, -0.2) is 8.78 Å². The number of hydrogen-bond donors (Lipinski definition) is 0. The van der Waals surface area contributed by atoms with Gasteiger partial charge in [-0.05, 0) is 12.5 Å². The Bertz CT molecular complexity index is 325. The predicted octanol–water partition coefficient (Wildman–Crippen LogP) is 2.99. The van der Waals surface area contributed by atoms with Crippen LogP contribution in [0.15, 0.2) is 30.3 Å². The zero-order valence-corrected chi connectivity index (χ0v) is 9.03. The van der Waals surface area contributed by atoms with Crippen LogP contribution in [0.1, 0.15) is 24.8 Å². The maximum Gasteiger partial charge on any atom is 0.306 e. The second-order valence-electron chi connectivity index (χ2n) is 3.36. The molecular formula is C12H14F2O2. The third kappa shape index (κ3) is 3.61. The fourth-order valence-corrected chi connectivity index (χ4v) is 1.45. The lowest BCUT2D eigenvalue weighted by Crippen LogP contribution is -2.16. The first kappa shape index (κ1) is 12.6. The lowest BCUT2D eigenvalue weighted by Gasteiger charge is -2.15. The van der Waals surface area contributed by atoms with E-state index in [-0.39, 0.29) is 13.0 Å². The van der Waals surface area contributed by atoms with Crippen molar-refractivity contribution in [3.05, 3.63) is 35.9 Å². The second-order valence-corrected chi connectivity index (χ2v) is 3.36. The van der Waals surface area contributed by atoms with Gasteiger partial charge in [0.15, 0.2) is 0 Å². The molecule has 0 aliphatic heterocycles. The van der Waals surface area contributed by atoms with Crippen LogP contribution in [-0.2, 0) is 9.53 Å². The standard InChI is InChI=1S/C12H14F2O2/c1-2-16-11(15)8-10(12(13)14)9-6-4-3-5-7-9/h3-7,10,12H,2,8H2,1H3/t10-/m1/s1. The molecule has 0 bridgehead atoms. The van der Waals surface area contributed by atoms with Crippen LogP contribution < -0.4 is 0 Å². The molecule has 1 rings (SSSR count). The minimum absolute atomic E-state index is 0.212. The van der Waals surface area contributed by atoms with Gasteiger partial charge in [-0.1, -0.05) is 30.3 Å². The molecular weight excluding hydrogens is 214 g/mol. The van der Waals surface area contributed by atoms with Crippen LogP contribution in [0.2, 0.25) is 0 Å². The first-order chi connectivity index (χ1) is 7.65. The maximum atomic E-state index is 12.8. The molecule has 16 heavy (non-hydrogen) atoms. The molecule has 0 N–H and O–H groups in total. The summed E-state index contributed by atoms with van der Waals surface area (Å²) in [6.07, 6.45) is -2.85. The van der Waals surface area contributed by atoms with Crippen LogP contribution >= 0.6 is 0 Å². The van der Waals surface area contributed by atoms with Gasteiger partial charge in [0.25, 0.3) is 0 Å². The third-order valence-corrected chi connectivity index (χ3v) is 2.22. The van der Waals surface area contributed by atoms with E-state index in [1.54, 1.807) is 37.3 Å². The molecule has 0 aliphatic carbocycles. The fraction of sp³-hybridized carbons (Fsp3) is 0.417. The zero-order chi connectivity index (χ0) is 12.0. The van der Waals surface area contributed by atoms with Crippen molar-refractivity contribution in [3.63, 3.8) is 0 Å². The first-order valence-corrected chi connectivity index (χ1v) is 5.13. The van der Waals surface area contributed by atoms with Crippen molar-refractivity contribution in [1.29, 1.82) is 0 Å². The number of rotatable bonds is 5. The van der Waals surface area contributed by atoms with E-state index in [1.165, 1.54) is 0 Å². The van der Waals surface area contributed by atoms with Gasteiger partial charge in [0.2, 0.25) is 6.43 Å². The third-order valence-electron chi connectivity index (χ3n) is 2.22. The molecule has 4 heteroatoms. The summed E-state index contributed by atoms with van der Waals surface area (Å²) in [6, 6.07) is 8.29. The zero-order valence-electron chi connectivity index (χ0n) is 9.03. The smallest absolute Gasteiger partial charge is 0.306 e. The molecule has 0 unspecified atom stereocenters. The molecule has 2 nitrogen and oxygen atoms in total. The van der Waals surface area contributed by atoms with E-state index >= 15 is 0 Å². The van der Waals surface area contributed by atoms with Gasteiger partial charge in [-0.3, -0.25) is 4.79 Å². The maximum absolute atomic E-state index is 12.8. The van der Waals surface area contributed by atoms with Crippen molar-refractivity contribution < 1.29 is 18.3 Å². The Morgan fingerprint density at radius 2 is 1.94 bits per heavy atom. The highest BCUT2D eigenvalue weighted by atomic mass is 19.3. The Balaban J connectivity index is 2.73. The molecule has 0 fully saturated rings. The number of carbonyl (C=O) groups excluding carboxylic acids is 1. The molecule has 0 saturated heterocycles. The lowest BCUT2D eigenvalue weighted by atomic mass is 9.96. The van der Waals surface area contributed by atoms with Crippen LogP contribution in [0.5, 0.6) is 0 Å². The van der Waals surface area contributed by atoms with Crippen molar-refractivity contribution in [3.8, 4) is 0 Å². The van der Waals surface area contributed by atoms with Gasteiger partial charge in [-0.15, -0.1) is 0 Å². The number of esters is 1. The van der Waals surface area contributed by atoms with Crippen LogP contribution in [0.3, 0.4) is 0 Å². The molecule has 1 aromatic rings. The van der Waals surface area contributed by atoms with Gasteiger partial charge in [0, 0.05) is 0 Å². The summed E-state index contributed by atoms with van der Waals surface area (Å²) in [7, 11) is 0. The van der Waals surface area contributed by atoms with E-state index in [9.17, 15) is 13.6 Å². The molecule has 0 aromatic heterocycles. The minimum atomic E-state index is -2.56. The minimum Gasteiger partial charge on any atom is -0.466 e. The number of benzene rings is 1. The van der Waals surface area contributed by atoms with Crippen molar-refractivity contribution in [2.24, 2.45) is 0 Å². The highest BCUT2D eigenvalue weighted by Crippen LogP contribution is 2.26. The van der Waals surface area contributed by atoms with Crippen LogP contribution in [0.4, 0.5) is 8.78 Å². The Morgan fingerprint density at radius 3 is 2.44 bits per heavy atom. The molecule has 1 aromatic carbocycles. The number of carbonyl (C=O) groups is 1. The van der Waals surface area contributed by atoms with Gasteiger partial charge in [0.1, 0.15) is 0 Å². The summed E-state index contributed by atoms with van der Waals surface area (Å²) in [5.74, 6) is -1.67. The van der Waals surface area contributed by atoms with Gasteiger partial charge in [0.05, 0.1) is 18.9 Å². The molecule has 0 heterocycles. The van der Waals surface area contributed by atoms with Gasteiger partial charge < -0.3 is 4.74 Å². The normalized spacial score (nSPS) is 12.5. The highest BCUT2D eigenvalue weighted by molar-refractivity contribution is 5.70. The Hall–Kier alpha value is -1.45. The Morgan fingerprint density at radius 1 is 1.31 bits per heavy atom. The predicted molar refractivity (Wildman–Crippen MR) is 56.4 cm³/mol. The summed E-state index contributed by atoms with van der Waals surface area (Å²) in [6.45, 7) is 1.86. The van der Waals surface area contributed by atoms with E-state index in [0.717, 1.165) is 0 Å². The fourth-order valence-electron chi connectivity index (χ4n) is 1.45. The van der Waals surface area contributed by atoms with Crippen LogP contribution in [0, 0.1) is 0 Å². The molecule has 0 saturated carbocycles. The van der Waals surface area contributed by atoms with Crippen molar-refractivity contribution in [2.45, 2.75) is 25.7 Å². The largest absolute Gasteiger partial charge is 0.466 e. The van der Waals surface area contributed by atoms with Crippen LogP contribution in [-0.4, -0.2) is 19.0 Å². The number of ether oxygens (including phenoxy) is 1. The summed E-state index contributed by atoms with van der Waals surface area (Å²) in [4.78, 5) is 11.2. The van der Waals surface area contributed by atoms with E-state index in [0.29, 0.717) is 5.56 Å². The molecule has 0 amide bonds. The summed E-state index contributed by atoms with van der Waals surface area (Å²) >= 11 is 0. The molecule has 1 atom stereocenters. The van der Waals surface area contributed by atoms with E-state index in [1.807, 2.05) is 0 Å². The van der Waals surface area contributed by atoms with Gasteiger partial charge in [-0.2, -0.15) is 0 Å². The summed E-state index contributed by atoms with van der Waals surface area (Å²) < 4.78 is 30.2. The lowest BCUT2D eigenvalue weighted by molar-refractivity contribution is -0.144. The summed E-state index contributed by atoms with van der Waals surface area (Å²) in [5, 5.41) is 0. The van der Waals surface area contributed by atoms with Crippen molar-refractivity contribution in [2.75, 3.05) is 6.61 Å². The Labute approximate surface area is 93.2 Å². The average molecular weight is 228 g/mol. The quantitative estimate of drug-likeness (QED) is 0.724. The molecule has 88 valence electrons. The second kappa shape index (κ2) is 6.20. The van der Waals surface area contributed by atoms with Crippen LogP contribution in [0.25, 0.3) is 0 Å². The van der Waals surface area contributed by atoms with E-state index in [4.69, 9.17) is 0 Å². The molecule has 0 aliphatic rings. The van der Waals surface area contributed by atoms with E-state index < -0.39 is 18.3 Å². The number of halogens is 2. The van der Waals surface area contributed by atoms with Crippen molar-refractivity contribution in [1.82, 2.24) is 0 Å². The van der Waals surface area contributed by atoms with Gasteiger partial charge >= 0.3 is 5.97 Å². The van der Waals surface area contributed by atoms with E-state index in [2.05, 4.69) is 4.74 Å². The monoisotopic (exact) mass is 228 g/mol. The first-order valence-electron chi connectivity index (χ1n) is 5.13. The topological polar surface area (TPSA) is 26.3 Å². The average Bonchev–Trinajstić information content (AvgIpc) is 2.27. The Kier molecular flexibility index (Phi) is 4.89.